The first-order valence-electron chi connectivity index (χ1n) is 2.90. The van der Waals surface area contributed by atoms with Crippen LogP contribution in [-0.4, -0.2) is 21.4 Å². The van der Waals surface area contributed by atoms with Gasteiger partial charge >= 0.3 is 11.6 Å². The van der Waals surface area contributed by atoms with Gasteiger partial charge in [-0.2, -0.15) is 5.43 Å². The molecule has 0 amide bonds. The van der Waals surface area contributed by atoms with Gasteiger partial charge in [-0.1, -0.05) is 10.3 Å². The minimum absolute atomic E-state index is 1.16. The minimum atomic E-state index is -2.78. The Kier molecular flexibility index (Phi) is 1.63. The highest BCUT2D eigenvalue weighted by Crippen LogP contribution is 2.23. The van der Waals surface area contributed by atoms with Crippen LogP contribution in [0.25, 0.3) is 0 Å². The third-order valence-corrected chi connectivity index (χ3v) is 1.55. The number of nitrogens with one attached hydrogen (secondary N) is 1. The smallest absolute Gasteiger partial charge is 0.260 e. The van der Waals surface area contributed by atoms with Crippen LogP contribution in [0.3, 0.4) is 0 Å². The summed E-state index contributed by atoms with van der Waals surface area (Å²) in [6.07, 6.45) is 0. The van der Waals surface area contributed by atoms with Crippen molar-refractivity contribution in [2.45, 2.75) is 11.6 Å². The monoisotopic (exact) mass is 191 g/mol. The number of nitro groups is 2. The van der Waals surface area contributed by atoms with E-state index in [1.54, 1.807) is 5.43 Å². The summed E-state index contributed by atoms with van der Waals surface area (Å²) in [4.78, 5) is 18.4. The number of nitrogens with zero attached hydrogens (tertiary/aromatic N) is 4. The van der Waals surface area contributed by atoms with E-state index >= 15 is 0 Å². The largest absolute Gasteiger partial charge is 0.495 e. The van der Waals surface area contributed by atoms with E-state index in [4.69, 9.17) is 11.5 Å². The molecule has 13 heavy (non-hydrogen) atoms. The van der Waals surface area contributed by atoms with E-state index in [2.05, 4.69) is 10.3 Å². The molecule has 1 heterocycles. The maximum absolute atomic E-state index is 10.4. The van der Waals surface area contributed by atoms with Gasteiger partial charge in [0.25, 0.3) is 0 Å². The minimum Gasteiger partial charge on any atom is -0.260 e. The van der Waals surface area contributed by atoms with Gasteiger partial charge < -0.3 is 0 Å². The molecule has 0 saturated heterocycles. The molecule has 0 aromatic carbocycles. The first-order chi connectivity index (χ1) is 5.84. The summed E-state index contributed by atoms with van der Waals surface area (Å²) in [5.41, 5.74) is 11.7. The molecule has 1 rings (SSSR count). The van der Waals surface area contributed by atoms with Gasteiger partial charge in [-0.05, 0) is 0 Å². The lowest BCUT2D eigenvalue weighted by molar-refractivity contribution is -0.684. The van der Waals surface area contributed by atoms with Crippen molar-refractivity contribution in [3.63, 3.8) is 0 Å². The fourth-order valence-corrected chi connectivity index (χ4v) is 0.687. The molecule has 1 aliphatic heterocycles. The van der Waals surface area contributed by atoms with Crippen molar-refractivity contribution >= 4 is 0 Å². The van der Waals surface area contributed by atoms with Crippen LogP contribution in [-0.2, 0) is 0 Å². The molecule has 0 aromatic rings. The maximum Gasteiger partial charge on any atom is 0.495 e. The van der Waals surface area contributed by atoms with E-state index in [-0.39, 0.29) is 0 Å². The van der Waals surface area contributed by atoms with Gasteiger partial charge in [-0.3, -0.25) is 20.2 Å². The molecule has 0 fully saturated rings. The molecule has 0 saturated carbocycles. The Bertz CT molecular complexity index is 301. The summed E-state index contributed by atoms with van der Waals surface area (Å²) in [6.45, 7) is 0. The average molecular weight is 191 g/mol. The fourth-order valence-electron chi connectivity index (χ4n) is 0.687. The Morgan fingerprint density at radius 2 is 1.77 bits per heavy atom. The molecule has 0 bridgehead atoms. The van der Waals surface area contributed by atoms with Gasteiger partial charge in [0.2, 0.25) is 0 Å². The third kappa shape index (κ3) is 0.907. The number of hydrogen-bond acceptors (Lipinski definition) is 9. The summed E-state index contributed by atoms with van der Waals surface area (Å²) < 4.78 is 0. The molecule has 2 atom stereocenters. The Morgan fingerprint density at radius 3 is 2.08 bits per heavy atom. The summed E-state index contributed by atoms with van der Waals surface area (Å²) in [7, 11) is 0. The van der Waals surface area contributed by atoms with Crippen LogP contribution >= 0.6 is 0 Å². The van der Waals surface area contributed by atoms with Crippen molar-refractivity contribution in [3.8, 4) is 0 Å². The zero-order chi connectivity index (χ0) is 10.3. The molecule has 5 N–H and O–H groups in total. The second-order valence-electron chi connectivity index (χ2n) is 2.32. The molecule has 11 heteroatoms. The fraction of sp³-hybridized carbons (Fsp3) is 1.00. The molecule has 0 spiro atoms. The van der Waals surface area contributed by atoms with Crippen molar-refractivity contribution in [1.82, 2.24) is 5.43 Å². The number of rotatable bonds is 2. The molecule has 0 aliphatic carbocycles. The van der Waals surface area contributed by atoms with Crippen molar-refractivity contribution in [1.29, 1.82) is 0 Å². The predicted molar refractivity (Wildman–Crippen MR) is 35.8 cm³/mol. The summed E-state index contributed by atoms with van der Waals surface area (Å²) >= 11 is 0. The average Bonchev–Trinajstić information content (AvgIpc) is 2.31. The first-order valence-corrected chi connectivity index (χ1v) is 2.90. The lowest BCUT2D eigenvalue weighted by Gasteiger charge is -2.19. The van der Waals surface area contributed by atoms with Crippen LogP contribution in [0.2, 0.25) is 0 Å². The van der Waals surface area contributed by atoms with Crippen molar-refractivity contribution < 1.29 is 9.85 Å². The Morgan fingerprint density at radius 1 is 1.23 bits per heavy atom. The van der Waals surface area contributed by atoms with Crippen molar-refractivity contribution in [2.75, 3.05) is 0 Å². The molecular weight excluding hydrogens is 186 g/mol. The zero-order valence-corrected chi connectivity index (χ0v) is 6.08. The van der Waals surface area contributed by atoms with E-state index in [0.717, 1.165) is 0 Å². The Labute approximate surface area is 70.1 Å². The standard InChI is InChI=1S/C2H5N7O4/c3-1(8(10)11)2(4,9(12)13)6-7-5-1/h3-4H2,(H,5,6). The quantitative estimate of drug-likeness (QED) is 0.250. The van der Waals surface area contributed by atoms with Gasteiger partial charge in [0, 0.05) is 0 Å². The second-order valence-corrected chi connectivity index (χ2v) is 2.32. The zero-order valence-electron chi connectivity index (χ0n) is 6.08. The van der Waals surface area contributed by atoms with Gasteiger partial charge in [0.1, 0.15) is 0 Å². The number of nitrogens with two attached hydrogens (primary N) is 2. The highest BCUT2D eigenvalue weighted by atomic mass is 16.7. The Hall–Kier alpha value is -1.88. The third-order valence-electron chi connectivity index (χ3n) is 1.55. The molecule has 2 unspecified atom stereocenters. The van der Waals surface area contributed by atoms with Crippen LogP contribution in [0.4, 0.5) is 0 Å². The van der Waals surface area contributed by atoms with Crippen molar-refractivity contribution in [3.05, 3.63) is 20.2 Å². The van der Waals surface area contributed by atoms with Gasteiger partial charge in [0.15, 0.2) is 0 Å². The van der Waals surface area contributed by atoms with Gasteiger partial charge in [-0.15, -0.1) is 0 Å². The molecule has 0 aromatic heterocycles. The SMILES string of the molecule is NC1([N+](=O)[O-])N=NNC1(N)[N+](=O)[O-]. The molecule has 72 valence electrons. The lowest BCUT2D eigenvalue weighted by Crippen LogP contribution is -2.75. The molecule has 1 aliphatic rings. The van der Waals surface area contributed by atoms with E-state index in [1.807, 2.05) is 0 Å². The second kappa shape index (κ2) is 2.30. The van der Waals surface area contributed by atoms with E-state index < -0.39 is 21.4 Å². The topological polar surface area (TPSA) is 175 Å². The summed E-state index contributed by atoms with van der Waals surface area (Å²) in [6, 6.07) is 0. The van der Waals surface area contributed by atoms with E-state index in [0.29, 0.717) is 0 Å². The lowest BCUT2D eigenvalue weighted by atomic mass is 10.2. The van der Waals surface area contributed by atoms with Crippen LogP contribution in [0.5, 0.6) is 0 Å². The van der Waals surface area contributed by atoms with Gasteiger partial charge in [-0.25, -0.2) is 11.5 Å². The molecule has 11 nitrogen and oxygen atoms in total. The van der Waals surface area contributed by atoms with Gasteiger partial charge in [0.05, 0.1) is 9.85 Å². The van der Waals surface area contributed by atoms with Crippen LogP contribution < -0.4 is 16.9 Å². The molecular formula is C2H5N7O4. The van der Waals surface area contributed by atoms with Crippen LogP contribution in [0.1, 0.15) is 0 Å². The van der Waals surface area contributed by atoms with E-state index in [1.165, 1.54) is 0 Å². The number of hydrogen-bond donors (Lipinski definition) is 3. The highest BCUT2D eigenvalue weighted by molar-refractivity contribution is 4.89. The van der Waals surface area contributed by atoms with Crippen LogP contribution in [0, 0.1) is 20.2 Å². The Balaban J connectivity index is 3.17. The van der Waals surface area contributed by atoms with Crippen LogP contribution in [0.15, 0.2) is 10.3 Å². The molecule has 0 radical (unpaired) electrons. The summed E-state index contributed by atoms with van der Waals surface area (Å²) in [5, 5.41) is 26.4. The maximum atomic E-state index is 10.4. The first kappa shape index (κ1) is 9.21. The summed E-state index contributed by atoms with van der Waals surface area (Å²) in [5.74, 6) is -5.49. The van der Waals surface area contributed by atoms with Crippen molar-refractivity contribution in [2.24, 2.45) is 21.8 Å². The normalized spacial score (nSPS) is 37.1. The van der Waals surface area contributed by atoms with E-state index in [9.17, 15) is 20.2 Å². The predicted octanol–water partition coefficient (Wildman–Crippen LogP) is -2.26. The highest BCUT2D eigenvalue weighted by Gasteiger charge is 2.73.